The van der Waals surface area contributed by atoms with Crippen LogP contribution < -0.4 is 0 Å². The third-order valence-electron chi connectivity index (χ3n) is 0.913. The topological polar surface area (TPSA) is 48.2 Å². The Balaban J connectivity index is 3.15. The van der Waals surface area contributed by atoms with Gasteiger partial charge in [0.2, 0.25) is 0 Å². The summed E-state index contributed by atoms with van der Waals surface area (Å²) in [7, 11) is -6.78. The van der Waals surface area contributed by atoms with Gasteiger partial charge in [-0.2, -0.15) is 17.6 Å². The Morgan fingerprint density at radius 1 is 0.909 bits per heavy atom. The summed E-state index contributed by atoms with van der Waals surface area (Å²) in [6.07, 6.45) is 0. The fourth-order valence-electron chi connectivity index (χ4n) is 0.358. The van der Waals surface area contributed by atoms with Gasteiger partial charge in [0, 0.05) is 22.0 Å². The molecule has 0 aromatic rings. The lowest BCUT2D eigenvalue weighted by Crippen LogP contribution is -2.38. The van der Waals surface area contributed by atoms with Gasteiger partial charge in [-0.05, 0) is 0 Å². The molecule has 0 aromatic heterocycles. The Morgan fingerprint density at radius 2 is 1.18 bits per heavy atom. The minimum absolute atomic E-state index is 2.14. The van der Waals surface area contributed by atoms with Gasteiger partial charge < -0.3 is 4.13 Å². The minimum Gasteiger partial charge on any atom is -0.480 e. The first-order valence-electron chi connectivity index (χ1n) is 2.11. The summed E-state index contributed by atoms with van der Waals surface area (Å²) in [6.45, 7) is 0. The number of nitrogens with zero attached hydrogens (tertiary/aromatic N) is 1. The molecule has 1 saturated heterocycles. The Kier molecular flexibility index (Phi) is 1.84. The molecule has 11 heavy (non-hydrogen) atoms. The highest BCUT2D eigenvalue weighted by atomic mass is 32.3. The molecule has 1 aliphatic heterocycles. The molecule has 0 aliphatic carbocycles. The predicted molar refractivity (Wildman–Crippen MR) is 29.5 cm³/mol. The van der Waals surface area contributed by atoms with E-state index in [2.05, 4.69) is 4.13 Å². The zero-order valence-corrected chi connectivity index (χ0v) is 6.23. The van der Waals surface area contributed by atoms with Crippen molar-refractivity contribution in [1.82, 2.24) is 0 Å². The first kappa shape index (κ1) is 9.07. The maximum Gasteiger partial charge on any atom is 0.377 e. The molecule has 9 heteroatoms. The van der Waals surface area contributed by atoms with Crippen LogP contribution in [0.15, 0.2) is 0 Å². The van der Waals surface area contributed by atoms with E-state index in [1.807, 2.05) is 0 Å². The van der Waals surface area contributed by atoms with Crippen LogP contribution in [-0.4, -0.2) is 18.9 Å². The lowest BCUT2D eigenvalue weighted by Gasteiger charge is -2.16. The second-order valence-corrected chi connectivity index (χ2v) is 4.22. The minimum atomic E-state index is -4.81. The monoisotopic (exact) mass is 210 g/mol. The summed E-state index contributed by atoms with van der Waals surface area (Å²) >= 11 is 0. The van der Waals surface area contributed by atoms with Crippen LogP contribution in [0.1, 0.15) is 0 Å². The van der Waals surface area contributed by atoms with Crippen LogP contribution in [0.2, 0.25) is 0 Å². The molecule has 66 valence electrons. The summed E-state index contributed by atoms with van der Waals surface area (Å²) in [4.78, 5) is 0. The Bertz CT molecular complexity index is 216. The fourth-order valence-corrected chi connectivity index (χ4v) is 2.43. The first-order valence-corrected chi connectivity index (χ1v) is 4.33. The summed E-state index contributed by atoms with van der Waals surface area (Å²) in [5.41, 5.74) is 0. The van der Waals surface area contributed by atoms with Crippen LogP contribution in [0.5, 0.6) is 0 Å². The number of rotatable bonds is 0. The van der Waals surface area contributed by atoms with Crippen molar-refractivity contribution in [1.29, 1.82) is 0 Å². The van der Waals surface area contributed by atoms with E-state index in [4.69, 9.17) is 0 Å². The highest BCUT2D eigenvalue weighted by molar-refractivity contribution is 8.10. The van der Waals surface area contributed by atoms with Gasteiger partial charge in [0.1, 0.15) is 0 Å². The third kappa shape index (κ3) is 1.02. The van der Waals surface area contributed by atoms with Crippen molar-refractivity contribution in [3.63, 3.8) is 0 Å². The van der Waals surface area contributed by atoms with Gasteiger partial charge in [0.15, 0.2) is 0 Å². The second kappa shape index (κ2) is 2.23. The molecule has 0 amide bonds. The fraction of sp³-hybridized carbons (Fsp3) is 1.00. The van der Waals surface area contributed by atoms with Crippen LogP contribution >= 0.6 is 0 Å². The second-order valence-electron chi connectivity index (χ2n) is 1.61. The van der Waals surface area contributed by atoms with Crippen molar-refractivity contribution in [2.45, 2.75) is 10.5 Å². The highest BCUT2D eigenvalue weighted by Gasteiger charge is 2.64. The number of alkyl halides is 4. The number of halogens is 4. The third-order valence-corrected chi connectivity index (χ3v) is 3.52. The van der Waals surface area contributed by atoms with Crippen molar-refractivity contribution in [3.05, 3.63) is 4.13 Å². The van der Waals surface area contributed by atoms with Gasteiger partial charge >= 0.3 is 10.5 Å². The molecule has 0 spiro atoms. The Morgan fingerprint density at radius 3 is 1.27 bits per heavy atom. The van der Waals surface area contributed by atoms with Crippen molar-refractivity contribution < 1.29 is 26.0 Å². The number of hydrogen-bond acceptors (Lipinski definition) is 2. The smallest absolute Gasteiger partial charge is 0.377 e. The molecule has 1 fully saturated rings. The summed E-state index contributed by atoms with van der Waals surface area (Å²) < 4.78 is 70.3. The van der Waals surface area contributed by atoms with Crippen LogP contribution in [0.3, 0.4) is 0 Å². The van der Waals surface area contributed by atoms with Gasteiger partial charge in [-0.15, -0.1) is 0 Å². The predicted octanol–water partition coefficient (Wildman–Crippen LogP) is 0.887. The average molecular weight is 210 g/mol. The van der Waals surface area contributed by atoms with E-state index in [-0.39, 0.29) is 0 Å². The van der Waals surface area contributed by atoms with Crippen molar-refractivity contribution >= 4 is 22.0 Å². The largest absolute Gasteiger partial charge is 0.480 e. The lowest BCUT2D eigenvalue weighted by molar-refractivity contribution is -0.0865. The molecule has 1 rings (SSSR count). The van der Waals surface area contributed by atoms with E-state index in [0.717, 1.165) is 0 Å². The zero-order valence-electron chi connectivity index (χ0n) is 4.59. The molecule has 0 bridgehead atoms. The van der Waals surface area contributed by atoms with E-state index >= 15 is 0 Å². The summed E-state index contributed by atoms with van der Waals surface area (Å²) in [6, 6.07) is 0. The van der Waals surface area contributed by atoms with E-state index in [0.29, 0.717) is 0 Å². The molecular weight excluding hydrogens is 210 g/mol. The van der Waals surface area contributed by atoms with Crippen molar-refractivity contribution in [2.75, 3.05) is 0 Å². The molecule has 0 saturated carbocycles. The summed E-state index contributed by atoms with van der Waals surface area (Å²) in [5, 5.41) is -9.62. The van der Waals surface area contributed by atoms with E-state index in [1.54, 1.807) is 0 Å². The Hall–Kier alpha value is -0.0200. The van der Waals surface area contributed by atoms with Crippen LogP contribution in [-0.2, 0) is 22.0 Å². The van der Waals surface area contributed by atoms with Gasteiger partial charge in [0.05, 0.1) is 0 Å². The normalized spacial score (nSPS) is 40.7. The summed E-state index contributed by atoms with van der Waals surface area (Å²) in [5.74, 6) is 0. The molecule has 1 aliphatic rings. The van der Waals surface area contributed by atoms with Crippen molar-refractivity contribution in [2.24, 2.45) is 0 Å². The quantitative estimate of drug-likeness (QED) is 0.557. The van der Waals surface area contributed by atoms with Crippen LogP contribution in [0, 0.1) is 0 Å². The standard InChI is InChI=1S/C2F4NO2S2/c3-1(4)2(5,6)11(9)7-10(1)8/q-1. The van der Waals surface area contributed by atoms with Crippen LogP contribution in [0.25, 0.3) is 4.13 Å². The number of hydrogen-bond donors (Lipinski definition) is 0. The van der Waals surface area contributed by atoms with E-state index in [9.17, 15) is 26.0 Å². The molecule has 0 N–H and O–H groups in total. The molecular formula is C2F4NO2S2-. The molecule has 2 atom stereocenters. The van der Waals surface area contributed by atoms with Crippen LogP contribution in [0.4, 0.5) is 17.6 Å². The van der Waals surface area contributed by atoms with Crippen molar-refractivity contribution in [3.8, 4) is 0 Å². The molecule has 0 aromatic carbocycles. The highest BCUT2D eigenvalue weighted by Crippen LogP contribution is 2.49. The molecule has 1 heterocycles. The molecule has 0 radical (unpaired) electrons. The van der Waals surface area contributed by atoms with Gasteiger partial charge in [0.25, 0.3) is 0 Å². The SMILES string of the molecule is O=S1[N-]S(=O)C(F)(F)C1(F)F. The van der Waals surface area contributed by atoms with E-state index < -0.39 is 32.5 Å². The lowest BCUT2D eigenvalue weighted by atomic mass is 10.7. The van der Waals surface area contributed by atoms with E-state index in [1.165, 1.54) is 0 Å². The first-order chi connectivity index (χ1) is 4.80. The molecule has 2 unspecified atom stereocenters. The average Bonchev–Trinajstić information content (AvgIpc) is 1.95. The maximum absolute atomic E-state index is 12.0. The van der Waals surface area contributed by atoms with Gasteiger partial charge in [-0.3, -0.25) is 8.42 Å². The maximum atomic E-state index is 12.0. The van der Waals surface area contributed by atoms with Gasteiger partial charge in [-0.1, -0.05) is 0 Å². The zero-order chi connectivity index (χ0) is 8.86. The molecule has 3 nitrogen and oxygen atoms in total. The van der Waals surface area contributed by atoms with Gasteiger partial charge in [-0.25, -0.2) is 0 Å². The Labute approximate surface area is 63.3 Å².